The molecule has 13 heavy (non-hydrogen) atoms. The third-order valence-corrected chi connectivity index (χ3v) is 2.04. The van der Waals surface area contributed by atoms with Gasteiger partial charge in [0.25, 0.3) is 0 Å². The van der Waals surface area contributed by atoms with Crippen LogP contribution in [0.3, 0.4) is 0 Å². The second-order valence-electron chi connectivity index (χ2n) is 3.28. The minimum Gasteiger partial charge on any atom is -0.298 e. The third kappa shape index (κ3) is 4.26. The van der Waals surface area contributed by atoms with Gasteiger partial charge in [0, 0.05) is 13.0 Å². The van der Waals surface area contributed by atoms with Gasteiger partial charge in [-0.25, -0.2) is 0 Å². The molecule has 1 heterocycles. The van der Waals surface area contributed by atoms with Crippen LogP contribution in [0.4, 0.5) is 13.2 Å². The Kier molecular flexibility index (Phi) is 3.30. The van der Waals surface area contributed by atoms with Crippen molar-refractivity contribution in [2.24, 2.45) is 0 Å². The van der Waals surface area contributed by atoms with Crippen molar-refractivity contribution in [2.75, 3.05) is 19.6 Å². The Morgan fingerprint density at radius 1 is 1.38 bits per heavy atom. The molecule has 1 aliphatic rings. The average molecular weight is 195 g/mol. The molecule has 2 nitrogen and oxygen atoms in total. The van der Waals surface area contributed by atoms with Crippen LogP contribution in [0.2, 0.25) is 0 Å². The van der Waals surface area contributed by atoms with Crippen LogP contribution in [0, 0.1) is 0 Å². The van der Waals surface area contributed by atoms with Gasteiger partial charge < -0.3 is 0 Å². The zero-order chi connectivity index (χ0) is 9.90. The van der Waals surface area contributed by atoms with Crippen LogP contribution < -0.4 is 0 Å². The van der Waals surface area contributed by atoms with Gasteiger partial charge in [0.1, 0.15) is 5.78 Å². The van der Waals surface area contributed by atoms with Gasteiger partial charge in [-0.15, -0.1) is 0 Å². The van der Waals surface area contributed by atoms with Crippen LogP contribution in [0.15, 0.2) is 0 Å². The summed E-state index contributed by atoms with van der Waals surface area (Å²) in [6.07, 6.45) is -3.72. The number of hydrogen-bond donors (Lipinski definition) is 0. The largest absolute Gasteiger partial charge is 0.390 e. The second kappa shape index (κ2) is 4.09. The third-order valence-electron chi connectivity index (χ3n) is 2.04. The number of ketones is 1. The number of hydrogen-bond acceptors (Lipinski definition) is 2. The Balaban J connectivity index is 2.25. The smallest absolute Gasteiger partial charge is 0.298 e. The van der Waals surface area contributed by atoms with Crippen LogP contribution >= 0.6 is 0 Å². The highest BCUT2D eigenvalue weighted by Gasteiger charge is 2.28. The number of likely N-dealkylation sites (tertiary alicyclic amines) is 1. The lowest BCUT2D eigenvalue weighted by Crippen LogP contribution is -2.37. The topological polar surface area (TPSA) is 20.3 Å². The van der Waals surface area contributed by atoms with E-state index in [1.807, 2.05) is 0 Å². The monoisotopic (exact) mass is 195 g/mol. The zero-order valence-corrected chi connectivity index (χ0v) is 7.23. The average Bonchev–Trinajstić information content (AvgIpc) is 2.00. The molecular formula is C8H12F3NO. The zero-order valence-electron chi connectivity index (χ0n) is 7.23. The molecule has 0 saturated carbocycles. The lowest BCUT2D eigenvalue weighted by atomic mass is 10.1. The summed E-state index contributed by atoms with van der Waals surface area (Å²) in [5.74, 6) is 0.0495. The summed E-state index contributed by atoms with van der Waals surface area (Å²) < 4.78 is 35.4. The predicted molar refractivity (Wildman–Crippen MR) is 41.4 cm³/mol. The maximum absolute atomic E-state index is 11.8. The summed E-state index contributed by atoms with van der Waals surface area (Å²) in [4.78, 5) is 12.4. The number of alkyl halides is 3. The Labute approximate surface area is 74.7 Å². The van der Waals surface area contributed by atoms with Crippen molar-refractivity contribution in [2.45, 2.75) is 25.4 Å². The Morgan fingerprint density at radius 2 is 2.08 bits per heavy atom. The molecular weight excluding hydrogens is 183 g/mol. The quantitative estimate of drug-likeness (QED) is 0.667. The number of rotatable bonds is 2. The fourth-order valence-electron chi connectivity index (χ4n) is 1.38. The molecule has 1 saturated heterocycles. The summed E-state index contributed by atoms with van der Waals surface area (Å²) >= 11 is 0. The van der Waals surface area contributed by atoms with Crippen LogP contribution in [-0.2, 0) is 4.79 Å². The lowest BCUT2D eigenvalue weighted by molar-refractivity contribution is -0.140. The standard InChI is InChI=1S/C8H12F3NO/c9-8(10,11)3-5-12-4-1-2-7(13)6-12/h1-6H2. The van der Waals surface area contributed by atoms with E-state index in [0.29, 0.717) is 19.4 Å². The number of piperidine rings is 1. The van der Waals surface area contributed by atoms with Crippen LogP contribution in [0.1, 0.15) is 19.3 Å². The first-order chi connectivity index (χ1) is 5.97. The molecule has 0 spiro atoms. The van der Waals surface area contributed by atoms with Crippen molar-refractivity contribution in [3.05, 3.63) is 0 Å². The highest BCUT2D eigenvalue weighted by Crippen LogP contribution is 2.20. The van der Waals surface area contributed by atoms with E-state index >= 15 is 0 Å². The molecule has 0 aliphatic carbocycles. The lowest BCUT2D eigenvalue weighted by Gasteiger charge is -2.25. The molecule has 0 N–H and O–H groups in total. The van der Waals surface area contributed by atoms with Gasteiger partial charge in [-0.3, -0.25) is 9.69 Å². The molecule has 1 fully saturated rings. The fourth-order valence-corrected chi connectivity index (χ4v) is 1.38. The van der Waals surface area contributed by atoms with Gasteiger partial charge in [-0.1, -0.05) is 0 Å². The number of carbonyl (C=O) groups excluding carboxylic acids is 1. The number of Topliss-reactive ketones (excluding diaryl/α,β-unsaturated/α-hetero) is 1. The highest BCUT2D eigenvalue weighted by atomic mass is 19.4. The Hall–Kier alpha value is -0.580. The van der Waals surface area contributed by atoms with E-state index in [4.69, 9.17) is 0 Å². The Morgan fingerprint density at radius 3 is 2.62 bits per heavy atom. The van der Waals surface area contributed by atoms with E-state index < -0.39 is 12.6 Å². The number of carbonyl (C=O) groups is 1. The Bertz CT molecular complexity index is 190. The van der Waals surface area contributed by atoms with Crippen LogP contribution in [0.5, 0.6) is 0 Å². The molecule has 1 aliphatic heterocycles. The first kappa shape index (κ1) is 10.5. The predicted octanol–water partition coefficient (Wildman–Crippen LogP) is 1.60. The van der Waals surface area contributed by atoms with E-state index in [1.165, 1.54) is 0 Å². The number of nitrogens with zero attached hydrogens (tertiary/aromatic N) is 1. The minimum absolute atomic E-state index is 0.0464. The normalized spacial score (nSPS) is 20.7. The van der Waals surface area contributed by atoms with E-state index in [2.05, 4.69) is 0 Å². The summed E-state index contributed by atoms with van der Waals surface area (Å²) in [5, 5.41) is 0. The first-order valence-corrected chi connectivity index (χ1v) is 4.28. The van der Waals surface area contributed by atoms with E-state index in [1.54, 1.807) is 4.90 Å². The van der Waals surface area contributed by atoms with Crippen LogP contribution in [-0.4, -0.2) is 36.5 Å². The molecule has 0 radical (unpaired) electrons. The van der Waals surface area contributed by atoms with E-state index in [-0.39, 0.29) is 18.9 Å². The molecule has 0 aromatic heterocycles. The van der Waals surface area contributed by atoms with Crippen molar-refractivity contribution in [1.82, 2.24) is 4.90 Å². The minimum atomic E-state index is -4.11. The summed E-state index contributed by atoms with van der Waals surface area (Å²) in [6.45, 7) is 0.757. The maximum Gasteiger partial charge on any atom is 0.390 e. The molecule has 0 unspecified atom stereocenters. The molecule has 0 bridgehead atoms. The van der Waals surface area contributed by atoms with Gasteiger partial charge in [-0.05, 0) is 13.0 Å². The SMILES string of the molecule is O=C1CCCN(CCC(F)(F)F)C1. The van der Waals surface area contributed by atoms with Gasteiger partial charge in [0.15, 0.2) is 0 Å². The van der Waals surface area contributed by atoms with Crippen molar-refractivity contribution >= 4 is 5.78 Å². The maximum atomic E-state index is 11.8. The second-order valence-corrected chi connectivity index (χ2v) is 3.28. The molecule has 76 valence electrons. The highest BCUT2D eigenvalue weighted by molar-refractivity contribution is 5.81. The molecule has 0 aromatic rings. The van der Waals surface area contributed by atoms with Gasteiger partial charge in [0.05, 0.1) is 13.0 Å². The summed E-state index contributed by atoms with van der Waals surface area (Å²) in [6, 6.07) is 0. The van der Waals surface area contributed by atoms with E-state index in [9.17, 15) is 18.0 Å². The van der Waals surface area contributed by atoms with Gasteiger partial charge >= 0.3 is 6.18 Å². The molecule has 5 heteroatoms. The van der Waals surface area contributed by atoms with Crippen molar-refractivity contribution in [1.29, 1.82) is 0 Å². The molecule has 0 atom stereocenters. The summed E-state index contributed by atoms with van der Waals surface area (Å²) in [5.41, 5.74) is 0. The van der Waals surface area contributed by atoms with Crippen molar-refractivity contribution in [3.8, 4) is 0 Å². The van der Waals surface area contributed by atoms with Gasteiger partial charge in [-0.2, -0.15) is 13.2 Å². The summed E-state index contributed by atoms with van der Waals surface area (Å²) in [7, 11) is 0. The first-order valence-electron chi connectivity index (χ1n) is 4.28. The van der Waals surface area contributed by atoms with E-state index in [0.717, 1.165) is 0 Å². The van der Waals surface area contributed by atoms with Crippen molar-refractivity contribution in [3.63, 3.8) is 0 Å². The molecule has 0 amide bonds. The van der Waals surface area contributed by atoms with Gasteiger partial charge in [0.2, 0.25) is 0 Å². The molecule has 1 rings (SSSR count). The van der Waals surface area contributed by atoms with Crippen LogP contribution in [0.25, 0.3) is 0 Å². The number of halogens is 3. The van der Waals surface area contributed by atoms with Crippen molar-refractivity contribution < 1.29 is 18.0 Å². The molecule has 0 aromatic carbocycles. The fraction of sp³-hybridized carbons (Fsp3) is 0.875.